The third kappa shape index (κ3) is 31.3. The molecule has 0 aliphatic heterocycles. The van der Waals surface area contributed by atoms with Crippen molar-refractivity contribution in [3.63, 3.8) is 0 Å². The molecule has 1 rings (SSSR count). The number of carbonyl (C=O) groups is 9. The van der Waals surface area contributed by atoms with E-state index in [1.54, 1.807) is 0 Å². The van der Waals surface area contributed by atoms with Crippen LogP contribution in [-0.4, -0.2) is 143 Å². The highest BCUT2D eigenvalue weighted by atomic mass is 32.2. The first-order valence-corrected chi connectivity index (χ1v) is 22.6. The van der Waals surface area contributed by atoms with E-state index >= 15 is 0 Å². The molecule has 0 spiro atoms. The zero-order chi connectivity index (χ0) is 47.6. The molecular formula is C39H65N7O16S. The third-order valence-electron chi connectivity index (χ3n) is 9.16. The number of aliphatic carboxylic acids is 3. The average Bonchev–Trinajstić information content (AvgIpc) is 3.74. The monoisotopic (exact) mass is 919 g/mol. The summed E-state index contributed by atoms with van der Waals surface area (Å²) in [6.45, 7) is 5.24. The zero-order valence-electron chi connectivity index (χ0n) is 36.4. The second-order valence-electron chi connectivity index (χ2n) is 14.6. The summed E-state index contributed by atoms with van der Waals surface area (Å²) in [5, 5.41) is 45.4. The molecule has 23 nitrogen and oxygen atoms in total. The standard InChI is InChI=1S/C21H33N7O10S.C18H32O6/c1-22-17(30)10-7-13(20(33)34)12-14(29)8-9-15(21(35)36)23-18(31)6-3-11-39(37,38)26-19(32)5-2-4-16-24-27-28-25-16;1-3-10-23-11-12-24-14-17(20)13-15(18(21)22)8-6-5-7-9-16(19)4-2/h13,15H,2-12H2,1H3,(H,22,30)(H,23,31)(H,26,32)(H,33,34)(H,35,36)(H,24,25,27,28);15H,3-14H2,1-2H3,(H,21,22). The number of rotatable bonds is 37. The van der Waals surface area contributed by atoms with Gasteiger partial charge in [-0.1, -0.05) is 31.9 Å². The van der Waals surface area contributed by atoms with Crippen LogP contribution in [-0.2, 0) is 69.1 Å². The number of ketones is 3. The molecule has 0 aromatic carbocycles. The molecule has 0 fully saturated rings. The average molecular weight is 920 g/mol. The van der Waals surface area contributed by atoms with E-state index in [0.717, 1.165) is 19.3 Å². The van der Waals surface area contributed by atoms with E-state index in [4.69, 9.17) is 9.47 Å². The Kier molecular flexibility index (Phi) is 31.4. The Hall–Kier alpha value is -5.23. The summed E-state index contributed by atoms with van der Waals surface area (Å²) in [5.41, 5.74) is 0. The second kappa shape index (κ2) is 34.3. The molecule has 0 aliphatic rings. The lowest BCUT2D eigenvalue weighted by Gasteiger charge is -2.15. The molecule has 358 valence electrons. The number of nitrogens with zero attached hydrogens (tertiary/aromatic N) is 3. The molecule has 0 saturated carbocycles. The number of nitrogens with one attached hydrogen (secondary N) is 4. The quantitative estimate of drug-likeness (QED) is 0.0462. The number of amides is 3. The molecule has 0 radical (unpaired) electrons. The van der Waals surface area contributed by atoms with Crippen LogP contribution in [0.15, 0.2) is 0 Å². The van der Waals surface area contributed by atoms with E-state index < -0.39 is 75.6 Å². The summed E-state index contributed by atoms with van der Waals surface area (Å²) in [6.07, 6.45) is 3.58. The molecule has 7 N–H and O–H groups in total. The van der Waals surface area contributed by atoms with Gasteiger partial charge in [-0.05, 0) is 44.9 Å². The van der Waals surface area contributed by atoms with Crippen molar-refractivity contribution in [3.05, 3.63) is 5.82 Å². The molecule has 1 aromatic heterocycles. The van der Waals surface area contributed by atoms with E-state index in [1.807, 2.05) is 18.6 Å². The lowest BCUT2D eigenvalue weighted by molar-refractivity contribution is -0.145. The van der Waals surface area contributed by atoms with Crippen LogP contribution in [0.5, 0.6) is 0 Å². The van der Waals surface area contributed by atoms with Gasteiger partial charge in [0.2, 0.25) is 27.7 Å². The molecule has 24 heteroatoms. The van der Waals surface area contributed by atoms with Crippen LogP contribution in [0.2, 0.25) is 0 Å². The minimum Gasteiger partial charge on any atom is -0.481 e. The molecule has 1 aromatic rings. The van der Waals surface area contributed by atoms with Gasteiger partial charge in [0.15, 0.2) is 11.6 Å². The topological polar surface area (TPSA) is 357 Å². The summed E-state index contributed by atoms with van der Waals surface area (Å²) in [6, 6.07) is -1.45. The number of Topliss-reactive ketones (excluding diaryl/α,β-unsaturated/α-hetero) is 3. The van der Waals surface area contributed by atoms with Gasteiger partial charge in [0.25, 0.3) is 0 Å². The van der Waals surface area contributed by atoms with Crippen molar-refractivity contribution in [2.24, 2.45) is 11.8 Å². The Balaban J connectivity index is 0.00000137. The Morgan fingerprint density at radius 3 is 1.92 bits per heavy atom. The summed E-state index contributed by atoms with van der Waals surface area (Å²) < 4.78 is 36.4. The SMILES string of the molecule is CCCOCCOCC(=O)CC(CCCCCC(=O)CC)C(=O)O.CNC(=O)CCC(CC(=O)CCC(NC(=O)CCCS(=O)(=O)NC(=O)CCCc1nn[nH]n1)C(=O)O)C(=O)O. The number of aromatic nitrogens is 4. The summed E-state index contributed by atoms with van der Waals surface area (Å²) in [7, 11) is -2.63. The van der Waals surface area contributed by atoms with Crippen molar-refractivity contribution in [3.8, 4) is 0 Å². The van der Waals surface area contributed by atoms with E-state index in [1.165, 1.54) is 7.05 Å². The Morgan fingerprint density at radius 2 is 1.32 bits per heavy atom. The second-order valence-corrected chi connectivity index (χ2v) is 16.4. The number of aryl methyl sites for hydroxylation is 1. The van der Waals surface area contributed by atoms with Crippen molar-refractivity contribution >= 4 is 63.0 Å². The van der Waals surface area contributed by atoms with Crippen LogP contribution < -0.4 is 15.4 Å². The van der Waals surface area contributed by atoms with Gasteiger partial charge in [-0.2, -0.15) is 5.21 Å². The number of ether oxygens (including phenoxy) is 2. The smallest absolute Gasteiger partial charge is 0.326 e. The first kappa shape index (κ1) is 57.8. The van der Waals surface area contributed by atoms with Crippen molar-refractivity contribution < 1.29 is 76.4 Å². The number of hydrogen-bond acceptors (Lipinski definition) is 16. The van der Waals surface area contributed by atoms with Crippen LogP contribution in [0, 0.1) is 11.8 Å². The molecule has 0 aliphatic carbocycles. The number of hydrogen-bond donors (Lipinski definition) is 7. The maximum Gasteiger partial charge on any atom is 0.326 e. The van der Waals surface area contributed by atoms with E-state index in [9.17, 15) is 66.9 Å². The van der Waals surface area contributed by atoms with Gasteiger partial charge in [-0.25, -0.2) is 13.2 Å². The van der Waals surface area contributed by atoms with E-state index in [2.05, 4.69) is 31.3 Å². The van der Waals surface area contributed by atoms with Gasteiger partial charge in [0, 0.05) is 71.4 Å². The lowest BCUT2D eigenvalue weighted by atomic mass is 9.94. The largest absolute Gasteiger partial charge is 0.481 e. The maximum absolute atomic E-state index is 12.2. The Labute approximate surface area is 367 Å². The van der Waals surface area contributed by atoms with Gasteiger partial charge < -0.3 is 35.4 Å². The molecular weight excluding hydrogens is 855 g/mol. The fourth-order valence-electron chi connectivity index (χ4n) is 5.61. The first-order chi connectivity index (χ1) is 29.8. The maximum atomic E-state index is 12.2. The molecule has 0 bridgehead atoms. The van der Waals surface area contributed by atoms with Crippen LogP contribution in [0.3, 0.4) is 0 Å². The predicted octanol–water partition coefficient (Wildman–Crippen LogP) is 1.30. The zero-order valence-corrected chi connectivity index (χ0v) is 37.2. The number of carboxylic acids is 3. The van der Waals surface area contributed by atoms with Crippen molar-refractivity contribution in [1.29, 1.82) is 0 Å². The van der Waals surface area contributed by atoms with Gasteiger partial charge in [-0.15, -0.1) is 10.2 Å². The predicted molar refractivity (Wildman–Crippen MR) is 222 cm³/mol. The van der Waals surface area contributed by atoms with Crippen molar-refractivity contribution in [2.45, 2.75) is 135 Å². The van der Waals surface area contributed by atoms with Crippen LogP contribution in [0.1, 0.15) is 129 Å². The van der Waals surface area contributed by atoms with Crippen LogP contribution >= 0.6 is 0 Å². The van der Waals surface area contributed by atoms with Gasteiger partial charge in [0.1, 0.15) is 24.2 Å². The molecule has 63 heavy (non-hydrogen) atoms. The molecule has 0 saturated heterocycles. The summed E-state index contributed by atoms with van der Waals surface area (Å²) in [5.74, 6) is -7.98. The molecule has 3 unspecified atom stereocenters. The molecule has 1 heterocycles. The number of unbranched alkanes of at least 4 members (excludes halogenated alkanes) is 2. The van der Waals surface area contributed by atoms with Crippen LogP contribution in [0.4, 0.5) is 0 Å². The summed E-state index contributed by atoms with van der Waals surface area (Å²) in [4.78, 5) is 105. The Morgan fingerprint density at radius 1 is 0.667 bits per heavy atom. The summed E-state index contributed by atoms with van der Waals surface area (Å²) >= 11 is 0. The fraction of sp³-hybridized carbons (Fsp3) is 0.744. The highest BCUT2D eigenvalue weighted by Crippen LogP contribution is 2.17. The molecule has 3 atom stereocenters. The normalized spacial score (nSPS) is 12.4. The van der Waals surface area contributed by atoms with Crippen molar-refractivity contribution in [2.75, 3.05) is 39.2 Å². The minimum atomic E-state index is -4.02. The highest BCUT2D eigenvalue weighted by molar-refractivity contribution is 7.90. The third-order valence-corrected chi connectivity index (χ3v) is 10.5. The minimum absolute atomic E-state index is 0.000951. The van der Waals surface area contributed by atoms with Gasteiger partial charge >= 0.3 is 17.9 Å². The first-order valence-electron chi connectivity index (χ1n) is 21.0. The number of sulfonamides is 1. The van der Waals surface area contributed by atoms with Crippen molar-refractivity contribution in [1.82, 2.24) is 36.0 Å². The number of aromatic amines is 1. The lowest BCUT2D eigenvalue weighted by Crippen LogP contribution is -2.41. The van der Waals surface area contributed by atoms with E-state index in [0.29, 0.717) is 57.7 Å². The number of tetrazole rings is 1. The number of H-pyrrole nitrogens is 1. The van der Waals surface area contributed by atoms with E-state index in [-0.39, 0.29) is 81.9 Å². The highest BCUT2D eigenvalue weighted by Gasteiger charge is 2.26. The number of carboxylic acid groups (broad SMARTS) is 3. The van der Waals surface area contributed by atoms with Crippen LogP contribution in [0.25, 0.3) is 0 Å². The fourth-order valence-corrected chi connectivity index (χ4v) is 6.68. The Bertz CT molecular complexity index is 1690. The van der Waals surface area contributed by atoms with Gasteiger partial charge in [-0.3, -0.25) is 43.1 Å². The molecule has 3 amide bonds. The number of carbonyl (C=O) groups excluding carboxylic acids is 6. The van der Waals surface area contributed by atoms with Gasteiger partial charge in [0.05, 0.1) is 30.8 Å².